The van der Waals surface area contributed by atoms with Gasteiger partial charge in [0.2, 0.25) is 0 Å². The highest BCUT2D eigenvalue weighted by molar-refractivity contribution is 5.73. The average molecular weight is 677 g/mol. The molecule has 2 amide bonds. The summed E-state index contributed by atoms with van der Waals surface area (Å²) in [7, 11) is 0. The fourth-order valence-corrected chi connectivity index (χ4v) is 8.16. The van der Waals surface area contributed by atoms with Gasteiger partial charge in [0, 0.05) is 35.6 Å². The largest absolute Gasteiger partial charge is 0.444 e. The number of hydrogen-bond donors (Lipinski definition) is 2. The van der Waals surface area contributed by atoms with E-state index in [2.05, 4.69) is 72.3 Å². The lowest BCUT2D eigenvalue weighted by Gasteiger charge is -2.29. The molecule has 262 valence electrons. The van der Waals surface area contributed by atoms with Gasteiger partial charge in [0.1, 0.15) is 22.9 Å². The maximum atomic E-state index is 13.2. The maximum absolute atomic E-state index is 13.2. The lowest BCUT2D eigenvalue weighted by molar-refractivity contribution is 0.0164. The summed E-state index contributed by atoms with van der Waals surface area (Å²) in [6.45, 7) is 15.9. The summed E-state index contributed by atoms with van der Waals surface area (Å²) < 4.78 is 11.5. The van der Waals surface area contributed by atoms with Crippen molar-refractivity contribution in [3.8, 4) is 33.6 Å². The van der Waals surface area contributed by atoms with Gasteiger partial charge in [-0.1, -0.05) is 62.4 Å². The van der Waals surface area contributed by atoms with E-state index in [9.17, 15) is 9.59 Å². The predicted molar refractivity (Wildman–Crippen MR) is 191 cm³/mol. The summed E-state index contributed by atoms with van der Waals surface area (Å²) in [5.41, 5.74) is 5.09. The third kappa shape index (κ3) is 5.86. The third-order valence-electron chi connectivity index (χ3n) is 11.0. The molecule has 50 heavy (non-hydrogen) atoms. The van der Waals surface area contributed by atoms with Crippen molar-refractivity contribution < 1.29 is 19.1 Å². The van der Waals surface area contributed by atoms with Crippen LogP contribution in [0.5, 0.6) is 0 Å². The number of nitrogens with one attached hydrogen (secondary N) is 2. The number of likely N-dealkylation sites (tertiary alicyclic amines) is 2. The van der Waals surface area contributed by atoms with E-state index >= 15 is 0 Å². The van der Waals surface area contributed by atoms with Gasteiger partial charge < -0.3 is 19.4 Å². The molecule has 2 aliphatic carbocycles. The van der Waals surface area contributed by atoms with Crippen LogP contribution in [0.4, 0.5) is 9.59 Å². The van der Waals surface area contributed by atoms with E-state index in [0.29, 0.717) is 0 Å². The number of imidazole rings is 2. The van der Waals surface area contributed by atoms with Gasteiger partial charge in [0.15, 0.2) is 0 Å². The molecule has 6 atom stereocenters. The number of carbonyl (C=O) groups is 2. The molecule has 0 spiro atoms. The standard InChI is InChI=1S/C40H48N6O4/c1-37(2,3)49-35(47)45-29(17-39(7)19-31(39)45)33-41-21-27(43-33)25-13-9-23(10-14-25)24-11-15-26(16-12-24)28-22-42-34(44-28)30-18-40(8)20-32(40)46(30)36(48)50-38(4,5)6/h9-16,21-22,29-32H,17-20H2,1-8H3,(H,41,43)(H,42,44)/t29-,30-,31+,32+,39-,40-/m0/s1. The van der Waals surface area contributed by atoms with Crippen LogP contribution in [0.25, 0.3) is 33.6 Å². The number of rotatable bonds is 5. The van der Waals surface area contributed by atoms with Crippen LogP contribution in [0, 0.1) is 10.8 Å². The first-order valence-corrected chi connectivity index (χ1v) is 17.8. The molecule has 2 aromatic heterocycles. The Bertz CT molecular complexity index is 1810. The van der Waals surface area contributed by atoms with Crippen molar-refractivity contribution in [1.29, 1.82) is 0 Å². The number of aromatic amines is 2. The Morgan fingerprint density at radius 1 is 0.620 bits per heavy atom. The molecule has 4 aromatic rings. The summed E-state index contributed by atoms with van der Waals surface area (Å²) >= 11 is 0. The molecule has 0 radical (unpaired) electrons. The van der Waals surface area contributed by atoms with Crippen LogP contribution < -0.4 is 0 Å². The Morgan fingerprint density at radius 3 is 1.30 bits per heavy atom. The van der Waals surface area contributed by atoms with Gasteiger partial charge in [-0.25, -0.2) is 19.6 Å². The number of nitrogens with zero attached hydrogens (tertiary/aromatic N) is 4. The molecule has 0 unspecified atom stereocenters. The topological polar surface area (TPSA) is 116 Å². The van der Waals surface area contributed by atoms with Gasteiger partial charge in [-0.15, -0.1) is 0 Å². The second-order valence-corrected chi connectivity index (χ2v) is 17.5. The van der Waals surface area contributed by atoms with Crippen molar-refractivity contribution in [3.05, 3.63) is 72.6 Å². The zero-order valence-corrected chi connectivity index (χ0v) is 30.3. The zero-order valence-electron chi connectivity index (χ0n) is 30.3. The van der Waals surface area contributed by atoms with E-state index in [1.54, 1.807) is 0 Å². The molecular formula is C40H48N6O4. The summed E-state index contributed by atoms with van der Waals surface area (Å²) in [6, 6.07) is 17.0. The SMILES string of the molecule is CC(C)(C)OC(=O)N1[C@H](c2nc(-c3ccc(-c4ccc(-c5c[nH]c([C@@H]6C[C@@]7(C)C[C@H]7N6C(=O)OC(C)(C)C)n5)cc4)cc3)c[nH]2)C[C@@]2(C)C[C@@H]12. The van der Waals surface area contributed by atoms with Gasteiger partial charge in [0.05, 0.1) is 23.5 Å². The van der Waals surface area contributed by atoms with Crippen molar-refractivity contribution >= 4 is 12.2 Å². The molecule has 2 aliphatic heterocycles. The summed E-state index contributed by atoms with van der Waals surface area (Å²) in [4.78, 5) is 46.8. The summed E-state index contributed by atoms with van der Waals surface area (Å²) in [5, 5.41) is 0. The normalized spacial score (nSPS) is 28.3. The van der Waals surface area contributed by atoms with Crippen LogP contribution >= 0.6 is 0 Å². The summed E-state index contributed by atoms with van der Waals surface area (Å²) in [5.74, 6) is 1.61. The number of ether oxygens (including phenoxy) is 2. The lowest BCUT2D eigenvalue weighted by atomic mass is 10.0. The quantitative estimate of drug-likeness (QED) is 0.218. The number of piperidine rings is 2. The predicted octanol–water partition coefficient (Wildman–Crippen LogP) is 9.05. The van der Waals surface area contributed by atoms with Crippen molar-refractivity contribution in [1.82, 2.24) is 29.7 Å². The third-order valence-corrected chi connectivity index (χ3v) is 11.0. The van der Waals surface area contributed by atoms with Gasteiger partial charge in [-0.05, 0) is 89.2 Å². The highest BCUT2D eigenvalue weighted by Crippen LogP contribution is 2.64. The Morgan fingerprint density at radius 2 is 0.960 bits per heavy atom. The monoisotopic (exact) mass is 676 g/mol. The fraction of sp³-hybridized carbons (Fsp3) is 0.500. The van der Waals surface area contributed by atoms with E-state index in [1.807, 2.05) is 63.7 Å². The lowest BCUT2D eigenvalue weighted by Crippen LogP contribution is -2.38. The molecule has 4 aliphatic rings. The number of carbonyl (C=O) groups excluding carboxylic acids is 2. The van der Waals surface area contributed by atoms with E-state index in [1.165, 1.54) is 0 Å². The first-order valence-electron chi connectivity index (χ1n) is 17.8. The van der Waals surface area contributed by atoms with Crippen molar-refractivity contribution in [2.24, 2.45) is 10.8 Å². The van der Waals surface area contributed by atoms with Crippen LogP contribution in [0.3, 0.4) is 0 Å². The first kappa shape index (κ1) is 32.6. The van der Waals surface area contributed by atoms with Crippen molar-refractivity contribution in [3.63, 3.8) is 0 Å². The molecule has 2 saturated heterocycles. The smallest absolute Gasteiger partial charge is 0.411 e. The molecule has 10 heteroatoms. The minimum Gasteiger partial charge on any atom is -0.444 e. The molecule has 2 saturated carbocycles. The van der Waals surface area contributed by atoms with Crippen molar-refractivity contribution in [2.75, 3.05) is 0 Å². The second kappa shape index (κ2) is 10.9. The maximum Gasteiger partial charge on any atom is 0.411 e. The minimum atomic E-state index is -0.546. The molecule has 4 fully saturated rings. The number of fused-ring (bicyclic) bond motifs is 2. The molecule has 0 bridgehead atoms. The van der Waals surface area contributed by atoms with Gasteiger partial charge in [-0.3, -0.25) is 9.80 Å². The average Bonchev–Trinajstić information content (AvgIpc) is 3.51. The highest BCUT2D eigenvalue weighted by atomic mass is 16.6. The molecule has 4 heterocycles. The van der Waals surface area contributed by atoms with Crippen LogP contribution in [-0.4, -0.2) is 65.2 Å². The van der Waals surface area contributed by atoms with Gasteiger partial charge in [0.25, 0.3) is 0 Å². The molecule has 8 rings (SSSR count). The molecular weight excluding hydrogens is 628 g/mol. The van der Waals surface area contributed by atoms with Crippen molar-refractivity contribution in [2.45, 2.75) is 116 Å². The Balaban J connectivity index is 0.947. The van der Waals surface area contributed by atoms with E-state index < -0.39 is 11.2 Å². The Labute approximate surface area is 294 Å². The first-order chi connectivity index (χ1) is 23.5. The second-order valence-electron chi connectivity index (χ2n) is 17.5. The van der Waals surface area contributed by atoms with Crippen LogP contribution in [0.2, 0.25) is 0 Å². The number of H-pyrrole nitrogens is 2. The van der Waals surface area contributed by atoms with Crippen LogP contribution in [-0.2, 0) is 9.47 Å². The zero-order chi connectivity index (χ0) is 35.4. The molecule has 10 nitrogen and oxygen atoms in total. The molecule has 2 aromatic carbocycles. The highest BCUT2D eigenvalue weighted by Gasteiger charge is 2.65. The van der Waals surface area contributed by atoms with E-state index in [0.717, 1.165) is 71.0 Å². The number of benzene rings is 2. The van der Waals surface area contributed by atoms with Crippen LogP contribution in [0.1, 0.15) is 105 Å². The summed E-state index contributed by atoms with van der Waals surface area (Å²) in [6.07, 6.45) is 7.11. The fourth-order valence-electron chi connectivity index (χ4n) is 8.16. The van der Waals surface area contributed by atoms with Crippen LogP contribution in [0.15, 0.2) is 60.9 Å². The minimum absolute atomic E-state index is 0.123. The Kier molecular flexibility index (Phi) is 7.14. The van der Waals surface area contributed by atoms with Gasteiger partial charge in [-0.2, -0.15) is 0 Å². The Hall–Kier alpha value is -4.60. The van der Waals surface area contributed by atoms with E-state index in [-0.39, 0.29) is 47.2 Å². The number of hydrogen-bond acceptors (Lipinski definition) is 6. The number of amides is 2. The van der Waals surface area contributed by atoms with Gasteiger partial charge >= 0.3 is 12.2 Å². The molecule has 2 N–H and O–H groups in total. The number of aromatic nitrogens is 4. The van der Waals surface area contributed by atoms with E-state index in [4.69, 9.17) is 19.4 Å².